The number of aliphatic hydroxyl groups excluding tert-OH is 1. The van der Waals surface area contributed by atoms with Gasteiger partial charge >= 0.3 is 0 Å². The molecule has 0 aliphatic carbocycles. The molecule has 1 aromatic carbocycles. The summed E-state index contributed by atoms with van der Waals surface area (Å²) in [5.74, 6) is 0.703. The van der Waals surface area contributed by atoms with Crippen molar-refractivity contribution in [2.75, 3.05) is 51.1 Å². The minimum Gasteiger partial charge on any atom is -0.379 e. The molecule has 8 heteroatoms. The largest absolute Gasteiger partial charge is 0.379 e. The number of pyridine rings is 1. The number of piperidine rings is 1. The number of fused-ring (bicyclic) bond motifs is 1. The van der Waals surface area contributed by atoms with Gasteiger partial charge in [0.1, 0.15) is 12.0 Å². The van der Waals surface area contributed by atoms with Crippen LogP contribution in [0.4, 0.5) is 5.82 Å². The molecule has 2 unspecified atom stereocenters. The lowest BCUT2D eigenvalue weighted by molar-refractivity contribution is 0.00476. The molecule has 200 valence electrons. The van der Waals surface area contributed by atoms with Crippen molar-refractivity contribution in [1.82, 2.24) is 25.0 Å². The van der Waals surface area contributed by atoms with Crippen LogP contribution < -0.4 is 10.6 Å². The molecule has 0 spiro atoms. The van der Waals surface area contributed by atoms with Gasteiger partial charge in [0.2, 0.25) is 0 Å². The average molecular weight is 507 g/mol. The highest BCUT2D eigenvalue weighted by molar-refractivity contribution is 5.94. The normalized spacial score (nSPS) is 21.4. The van der Waals surface area contributed by atoms with E-state index >= 15 is 0 Å². The van der Waals surface area contributed by atoms with Crippen LogP contribution in [0.5, 0.6) is 0 Å². The average Bonchev–Trinajstić information content (AvgIpc) is 3.46. The fourth-order valence-corrected chi connectivity index (χ4v) is 6.01. The van der Waals surface area contributed by atoms with E-state index in [1.165, 1.54) is 24.0 Å². The van der Waals surface area contributed by atoms with Crippen molar-refractivity contribution in [3.63, 3.8) is 0 Å². The van der Waals surface area contributed by atoms with E-state index in [0.717, 1.165) is 70.9 Å². The molecule has 2 saturated heterocycles. The molecule has 3 N–H and O–H groups in total. The highest BCUT2D eigenvalue weighted by Gasteiger charge is 2.27. The summed E-state index contributed by atoms with van der Waals surface area (Å²) < 4.78 is 0. The highest BCUT2D eigenvalue weighted by Crippen LogP contribution is 2.21. The van der Waals surface area contributed by atoms with Crippen molar-refractivity contribution in [3.8, 4) is 0 Å². The van der Waals surface area contributed by atoms with Gasteiger partial charge in [-0.05, 0) is 75.4 Å². The third kappa shape index (κ3) is 6.87. The predicted molar refractivity (Wildman–Crippen MR) is 146 cm³/mol. The van der Waals surface area contributed by atoms with Crippen molar-refractivity contribution >= 4 is 11.7 Å². The van der Waals surface area contributed by atoms with Crippen LogP contribution in [0.3, 0.4) is 0 Å². The van der Waals surface area contributed by atoms with Crippen LogP contribution in [-0.2, 0) is 13.0 Å². The molecule has 0 saturated carbocycles. The zero-order valence-electron chi connectivity index (χ0n) is 22.1. The number of benzene rings is 1. The number of nitrogens with one attached hydrogen (secondary N) is 2. The summed E-state index contributed by atoms with van der Waals surface area (Å²) in [7, 11) is 0. The van der Waals surface area contributed by atoms with Crippen LogP contribution in [-0.4, -0.2) is 94.8 Å². The lowest BCUT2D eigenvalue weighted by Gasteiger charge is -2.35. The number of nitrogens with zero attached hydrogens (tertiary/aromatic N) is 4. The molecule has 2 fully saturated rings. The lowest BCUT2D eigenvalue weighted by Crippen LogP contribution is -2.50. The van der Waals surface area contributed by atoms with E-state index in [1.54, 1.807) is 12.3 Å². The summed E-state index contributed by atoms with van der Waals surface area (Å²) in [6.07, 6.45) is 6.78. The van der Waals surface area contributed by atoms with E-state index in [-0.39, 0.29) is 5.91 Å². The minimum absolute atomic E-state index is 0.0393. The third-order valence-electron chi connectivity index (χ3n) is 8.27. The Balaban J connectivity index is 1.16. The maximum Gasteiger partial charge on any atom is 0.251 e. The highest BCUT2D eigenvalue weighted by atomic mass is 16.3. The van der Waals surface area contributed by atoms with E-state index < -0.39 is 6.23 Å². The van der Waals surface area contributed by atoms with Crippen LogP contribution in [0, 0.1) is 0 Å². The second-order valence-electron chi connectivity index (χ2n) is 10.9. The molecule has 8 nitrogen and oxygen atoms in total. The van der Waals surface area contributed by atoms with Gasteiger partial charge in [0.25, 0.3) is 5.91 Å². The molecular weight excluding hydrogens is 464 g/mol. The molecule has 0 radical (unpaired) electrons. The number of anilines is 1. The van der Waals surface area contributed by atoms with Gasteiger partial charge in [-0.2, -0.15) is 0 Å². The number of amides is 1. The Bertz CT molecular complexity index is 1030. The van der Waals surface area contributed by atoms with Crippen molar-refractivity contribution < 1.29 is 9.90 Å². The predicted octanol–water partition coefficient (Wildman–Crippen LogP) is 2.55. The Hall–Kier alpha value is -2.52. The minimum atomic E-state index is -0.402. The standard InChI is InChI=1S/C29H42N6O2/c1-22(36)34-16-10-26(11-17-34)32-28-18-24(8-12-30-28)29(37)31-19-27(35-13-4-5-14-35)21-33-15-9-23-6-2-3-7-25(23)20-33/h2-3,6-8,12,18,22,26-27,36H,4-5,9-11,13-17,19-21H2,1H3,(H,30,32)(H,31,37). The molecule has 37 heavy (non-hydrogen) atoms. The number of rotatable bonds is 9. The van der Waals surface area contributed by atoms with E-state index in [4.69, 9.17) is 0 Å². The first-order valence-corrected chi connectivity index (χ1v) is 14.0. The Labute approximate surface area is 221 Å². The molecule has 0 bridgehead atoms. The first-order chi connectivity index (χ1) is 18.0. The Morgan fingerprint density at radius 3 is 2.57 bits per heavy atom. The fraction of sp³-hybridized carbons (Fsp3) is 0.586. The van der Waals surface area contributed by atoms with Crippen LogP contribution in [0.2, 0.25) is 0 Å². The summed E-state index contributed by atoms with van der Waals surface area (Å²) in [4.78, 5) is 24.8. The summed E-state index contributed by atoms with van der Waals surface area (Å²) in [6.45, 7) is 9.45. The van der Waals surface area contributed by atoms with Crippen LogP contribution in [0.25, 0.3) is 0 Å². The SMILES string of the molecule is CC(O)N1CCC(Nc2cc(C(=O)NCC(CN3CCc4ccccc4C3)N3CCCC3)ccn2)CC1. The van der Waals surface area contributed by atoms with Crippen LogP contribution in [0.15, 0.2) is 42.6 Å². The number of aliphatic hydroxyl groups is 1. The lowest BCUT2D eigenvalue weighted by atomic mass is 9.99. The van der Waals surface area contributed by atoms with Gasteiger partial charge in [0, 0.05) is 63.1 Å². The molecule has 1 aromatic heterocycles. The zero-order chi connectivity index (χ0) is 25.6. The van der Waals surface area contributed by atoms with E-state index in [1.807, 2.05) is 13.0 Å². The molecule has 2 atom stereocenters. The monoisotopic (exact) mass is 506 g/mol. The van der Waals surface area contributed by atoms with E-state index in [9.17, 15) is 9.90 Å². The number of likely N-dealkylation sites (tertiary alicyclic amines) is 2. The second-order valence-corrected chi connectivity index (χ2v) is 10.9. The number of hydrogen-bond donors (Lipinski definition) is 3. The topological polar surface area (TPSA) is 84.0 Å². The van der Waals surface area contributed by atoms with Gasteiger partial charge in [-0.25, -0.2) is 4.98 Å². The zero-order valence-corrected chi connectivity index (χ0v) is 22.1. The second kappa shape index (κ2) is 12.3. The first kappa shape index (κ1) is 26.1. The molecule has 3 aliphatic rings. The van der Waals surface area contributed by atoms with Crippen molar-refractivity contribution in [1.29, 1.82) is 0 Å². The smallest absolute Gasteiger partial charge is 0.251 e. The maximum absolute atomic E-state index is 13.1. The van der Waals surface area contributed by atoms with E-state index in [0.29, 0.717) is 24.2 Å². The van der Waals surface area contributed by atoms with Crippen LogP contribution in [0.1, 0.15) is 54.1 Å². The molecular formula is C29H42N6O2. The van der Waals surface area contributed by atoms with Crippen molar-refractivity contribution in [2.24, 2.45) is 0 Å². The van der Waals surface area contributed by atoms with Gasteiger partial charge in [-0.1, -0.05) is 24.3 Å². The number of hydrogen-bond acceptors (Lipinski definition) is 7. The fourth-order valence-electron chi connectivity index (χ4n) is 6.01. The van der Waals surface area contributed by atoms with Gasteiger partial charge in [-0.15, -0.1) is 0 Å². The van der Waals surface area contributed by atoms with Gasteiger partial charge in [0.05, 0.1) is 0 Å². The van der Waals surface area contributed by atoms with E-state index in [2.05, 4.69) is 54.6 Å². The molecule has 1 amide bonds. The van der Waals surface area contributed by atoms with Gasteiger partial charge < -0.3 is 15.7 Å². The van der Waals surface area contributed by atoms with Gasteiger partial charge in [0.15, 0.2) is 0 Å². The first-order valence-electron chi connectivity index (χ1n) is 14.0. The van der Waals surface area contributed by atoms with Crippen LogP contribution >= 0.6 is 0 Å². The van der Waals surface area contributed by atoms with Crippen molar-refractivity contribution in [2.45, 2.75) is 63.9 Å². The Kier molecular flexibility index (Phi) is 8.71. The molecule has 3 aliphatic heterocycles. The number of aromatic nitrogens is 1. The van der Waals surface area contributed by atoms with Gasteiger partial charge in [-0.3, -0.25) is 19.5 Å². The van der Waals surface area contributed by atoms with Crippen molar-refractivity contribution in [3.05, 3.63) is 59.3 Å². The quantitative estimate of drug-likeness (QED) is 0.482. The molecule has 2 aromatic rings. The molecule has 4 heterocycles. The summed E-state index contributed by atoms with van der Waals surface area (Å²) in [6, 6.07) is 13.0. The number of carbonyl (C=O) groups is 1. The maximum atomic E-state index is 13.1. The summed E-state index contributed by atoms with van der Waals surface area (Å²) >= 11 is 0. The summed E-state index contributed by atoms with van der Waals surface area (Å²) in [5, 5.41) is 16.5. The Morgan fingerprint density at radius 1 is 1.05 bits per heavy atom. The molecule has 5 rings (SSSR count). The summed E-state index contributed by atoms with van der Waals surface area (Å²) in [5.41, 5.74) is 3.55. The Morgan fingerprint density at radius 2 is 1.81 bits per heavy atom. The number of carbonyl (C=O) groups excluding carboxylic acids is 1. The third-order valence-corrected chi connectivity index (χ3v) is 8.27.